The predicted octanol–water partition coefficient (Wildman–Crippen LogP) is 2.93. The Hall–Kier alpha value is -2.01. The lowest BCUT2D eigenvalue weighted by atomic mass is 10.0. The van der Waals surface area contributed by atoms with Gasteiger partial charge < -0.3 is 9.88 Å². The van der Waals surface area contributed by atoms with Crippen LogP contribution in [0.1, 0.15) is 16.8 Å². The monoisotopic (exact) mass is 301 g/mol. The SMILES string of the molecule is C=C(c1ccc(N(C)C)cc1)c1nc(SC)[nH]c(=O)c1C. The van der Waals surface area contributed by atoms with Crippen LogP contribution >= 0.6 is 11.8 Å². The van der Waals surface area contributed by atoms with Crippen molar-refractivity contribution in [2.45, 2.75) is 12.1 Å². The minimum atomic E-state index is -0.115. The zero-order valence-electron chi connectivity index (χ0n) is 12.7. The van der Waals surface area contributed by atoms with Crippen LogP contribution in [0, 0.1) is 6.92 Å². The summed E-state index contributed by atoms with van der Waals surface area (Å²) in [7, 11) is 3.99. The van der Waals surface area contributed by atoms with Gasteiger partial charge in [0.25, 0.3) is 5.56 Å². The lowest BCUT2D eigenvalue weighted by molar-refractivity contribution is 0.907. The maximum absolute atomic E-state index is 11.9. The highest BCUT2D eigenvalue weighted by Crippen LogP contribution is 2.24. The Balaban J connectivity index is 2.44. The molecule has 0 spiro atoms. The number of hydrogen-bond donors (Lipinski definition) is 1. The summed E-state index contributed by atoms with van der Waals surface area (Å²) in [4.78, 5) is 21.2. The van der Waals surface area contributed by atoms with Crippen LogP contribution in [-0.4, -0.2) is 30.3 Å². The molecule has 0 bridgehead atoms. The maximum atomic E-state index is 11.9. The van der Waals surface area contributed by atoms with Crippen molar-refractivity contribution in [3.8, 4) is 0 Å². The molecule has 1 heterocycles. The molecule has 21 heavy (non-hydrogen) atoms. The molecule has 0 amide bonds. The molecule has 4 nitrogen and oxygen atoms in total. The molecule has 2 aromatic rings. The van der Waals surface area contributed by atoms with E-state index >= 15 is 0 Å². The first kappa shape index (κ1) is 15.4. The second-order valence-corrected chi connectivity index (χ2v) is 5.76. The van der Waals surface area contributed by atoms with E-state index in [0.717, 1.165) is 16.8 Å². The molecule has 0 atom stereocenters. The van der Waals surface area contributed by atoms with E-state index in [1.165, 1.54) is 11.8 Å². The summed E-state index contributed by atoms with van der Waals surface area (Å²) in [5.74, 6) is 0. The van der Waals surface area contributed by atoms with Crippen LogP contribution < -0.4 is 10.5 Å². The number of thioether (sulfide) groups is 1. The summed E-state index contributed by atoms with van der Waals surface area (Å²) in [5.41, 5.74) is 3.98. The first-order chi connectivity index (χ1) is 9.93. The zero-order chi connectivity index (χ0) is 15.6. The van der Waals surface area contributed by atoms with Crippen molar-refractivity contribution in [2.75, 3.05) is 25.3 Å². The third kappa shape index (κ3) is 3.19. The van der Waals surface area contributed by atoms with Crippen molar-refractivity contribution in [1.29, 1.82) is 0 Å². The average molecular weight is 301 g/mol. The van der Waals surface area contributed by atoms with Crippen molar-refractivity contribution in [1.82, 2.24) is 9.97 Å². The van der Waals surface area contributed by atoms with E-state index in [1.54, 1.807) is 6.92 Å². The minimum absolute atomic E-state index is 0.115. The van der Waals surface area contributed by atoms with Gasteiger partial charge in [0.05, 0.1) is 5.69 Å². The highest BCUT2D eigenvalue weighted by Gasteiger charge is 2.12. The molecule has 2 rings (SSSR count). The summed E-state index contributed by atoms with van der Waals surface area (Å²) in [6.07, 6.45) is 1.88. The Kier molecular flexibility index (Phi) is 4.53. The molecule has 0 aliphatic heterocycles. The van der Waals surface area contributed by atoms with Crippen LogP contribution in [0.4, 0.5) is 5.69 Å². The molecule has 1 aromatic carbocycles. The molecule has 0 saturated carbocycles. The Labute approximate surface area is 128 Å². The number of aromatic nitrogens is 2. The normalized spacial score (nSPS) is 10.5. The number of anilines is 1. The van der Waals surface area contributed by atoms with Gasteiger partial charge in [-0.05, 0) is 30.9 Å². The smallest absolute Gasteiger partial charge is 0.255 e. The molecule has 5 heteroatoms. The molecule has 0 radical (unpaired) electrons. The molecule has 1 N–H and O–H groups in total. The highest BCUT2D eigenvalue weighted by atomic mass is 32.2. The first-order valence-corrected chi connectivity index (χ1v) is 7.78. The summed E-state index contributed by atoms with van der Waals surface area (Å²) in [6, 6.07) is 8.05. The lowest BCUT2D eigenvalue weighted by Gasteiger charge is -2.14. The topological polar surface area (TPSA) is 49.0 Å². The second-order valence-electron chi connectivity index (χ2n) is 4.97. The van der Waals surface area contributed by atoms with Crippen LogP contribution in [0.25, 0.3) is 5.57 Å². The zero-order valence-corrected chi connectivity index (χ0v) is 13.5. The Morgan fingerprint density at radius 3 is 2.43 bits per heavy atom. The number of benzene rings is 1. The van der Waals surface area contributed by atoms with Gasteiger partial charge in [-0.15, -0.1) is 0 Å². The molecule has 0 aliphatic carbocycles. The highest BCUT2D eigenvalue weighted by molar-refractivity contribution is 7.98. The van der Waals surface area contributed by atoms with Gasteiger partial charge in [0.1, 0.15) is 0 Å². The predicted molar refractivity (Wildman–Crippen MR) is 90.3 cm³/mol. The number of hydrogen-bond acceptors (Lipinski definition) is 4. The number of nitrogens with one attached hydrogen (secondary N) is 1. The van der Waals surface area contributed by atoms with E-state index < -0.39 is 0 Å². The molecule has 0 unspecified atom stereocenters. The van der Waals surface area contributed by atoms with E-state index in [0.29, 0.717) is 16.4 Å². The van der Waals surface area contributed by atoms with Gasteiger partial charge in [0, 0.05) is 30.9 Å². The van der Waals surface area contributed by atoms with Gasteiger partial charge in [-0.25, -0.2) is 4.98 Å². The van der Waals surface area contributed by atoms with E-state index in [-0.39, 0.29) is 5.56 Å². The van der Waals surface area contributed by atoms with Gasteiger partial charge >= 0.3 is 0 Å². The number of H-pyrrole nitrogens is 1. The van der Waals surface area contributed by atoms with E-state index in [9.17, 15) is 4.79 Å². The fourth-order valence-electron chi connectivity index (χ4n) is 2.00. The van der Waals surface area contributed by atoms with E-state index in [1.807, 2.05) is 49.5 Å². The maximum Gasteiger partial charge on any atom is 0.255 e. The average Bonchev–Trinajstić information content (AvgIpc) is 2.49. The van der Waals surface area contributed by atoms with Crippen molar-refractivity contribution in [3.05, 3.63) is 58.0 Å². The van der Waals surface area contributed by atoms with Crippen molar-refractivity contribution < 1.29 is 0 Å². The fraction of sp³-hybridized carbons (Fsp3) is 0.250. The fourth-order valence-corrected chi connectivity index (χ4v) is 2.38. The number of nitrogens with zero attached hydrogens (tertiary/aromatic N) is 2. The van der Waals surface area contributed by atoms with Gasteiger partial charge in [-0.2, -0.15) is 0 Å². The van der Waals surface area contributed by atoms with Crippen LogP contribution in [0.5, 0.6) is 0 Å². The molecule has 1 aromatic heterocycles. The quantitative estimate of drug-likeness (QED) is 0.697. The van der Waals surface area contributed by atoms with Gasteiger partial charge in [0.15, 0.2) is 5.16 Å². The van der Waals surface area contributed by atoms with Gasteiger partial charge in [-0.1, -0.05) is 30.5 Å². The summed E-state index contributed by atoms with van der Waals surface area (Å²) in [5, 5.41) is 0.603. The summed E-state index contributed by atoms with van der Waals surface area (Å²) >= 11 is 1.41. The largest absolute Gasteiger partial charge is 0.378 e. The second kappa shape index (κ2) is 6.18. The standard InChI is InChI=1S/C16H19N3OS/c1-10(12-6-8-13(9-7-12)19(3)4)14-11(2)15(20)18-16(17-14)21-5/h6-9H,1H2,2-5H3,(H,17,18,20). The van der Waals surface area contributed by atoms with Gasteiger partial charge in [0.2, 0.25) is 0 Å². The third-order valence-electron chi connectivity index (χ3n) is 3.34. The molecule has 0 fully saturated rings. The summed E-state index contributed by atoms with van der Waals surface area (Å²) in [6.45, 7) is 5.88. The van der Waals surface area contributed by atoms with Crippen LogP contribution in [0.2, 0.25) is 0 Å². The minimum Gasteiger partial charge on any atom is -0.378 e. The van der Waals surface area contributed by atoms with Crippen LogP contribution in [0.3, 0.4) is 0 Å². The Morgan fingerprint density at radius 1 is 1.29 bits per heavy atom. The number of aromatic amines is 1. The Morgan fingerprint density at radius 2 is 1.90 bits per heavy atom. The van der Waals surface area contributed by atoms with Gasteiger partial charge in [-0.3, -0.25) is 4.79 Å². The number of rotatable bonds is 4. The summed E-state index contributed by atoms with van der Waals surface area (Å²) < 4.78 is 0. The van der Waals surface area contributed by atoms with Crippen molar-refractivity contribution in [3.63, 3.8) is 0 Å². The first-order valence-electron chi connectivity index (χ1n) is 6.56. The van der Waals surface area contributed by atoms with E-state index in [2.05, 4.69) is 16.5 Å². The lowest BCUT2D eigenvalue weighted by Crippen LogP contribution is -2.15. The molecular formula is C16H19N3OS. The van der Waals surface area contributed by atoms with Crippen LogP contribution in [-0.2, 0) is 0 Å². The van der Waals surface area contributed by atoms with E-state index in [4.69, 9.17) is 0 Å². The molecular weight excluding hydrogens is 282 g/mol. The van der Waals surface area contributed by atoms with Crippen molar-refractivity contribution >= 4 is 23.0 Å². The molecule has 110 valence electrons. The molecule has 0 saturated heterocycles. The third-order valence-corrected chi connectivity index (χ3v) is 3.92. The molecule has 0 aliphatic rings. The van der Waals surface area contributed by atoms with Crippen LogP contribution in [0.15, 0.2) is 40.8 Å². The Bertz CT molecular complexity index is 717. The van der Waals surface area contributed by atoms with Crippen molar-refractivity contribution in [2.24, 2.45) is 0 Å².